The third-order valence-electron chi connectivity index (χ3n) is 3.90. The molecule has 23 heavy (non-hydrogen) atoms. The van der Waals surface area contributed by atoms with E-state index in [9.17, 15) is 4.79 Å². The van der Waals surface area contributed by atoms with Crippen LogP contribution < -0.4 is 11.1 Å². The Labute approximate surface area is 155 Å². The van der Waals surface area contributed by atoms with Crippen molar-refractivity contribution in [3.05, 3.63) is 48.0 Å². The number of nitrogens with zero attached hydrogens (tertiary/aromatic N) is 2. The monoisotopic (exact) mass is 428 g/mol. The summed E-state index contributed by atoms with van der Waals surface area (Å²) in [7, 11) is 1.86. The van der Waals surface area contributed by atoms with E-state index in [-0.39, 0.29) is 41.8 Å². The summed E-state index contributed by atoms with van der Waals surface area (Å²) in [4.78, 5) is 18.1. The number of nitrogens with one attached hydrogen (secondary N) is 1. The SMILES string of the molecule is C=C(C)CN=C(N)NC[C@@H]1CC(=O)N(C)[C@H]1c1ccccc1.I. The van der Waals surface area contributed by atoms with Crippen molar-refractivity contribution in [1.82, 2.24) is 10.2 Å². The first kappa shape index (κ1) is 19.5. The maximum atomic E-state index is 12.1. The minimum Gasteiger partial charge on any atom is -0.370 e. The van der Waals surface area contributed by atoms with Gasteiger partial charge in [-0.3, -0.25) is 4.79 Å². The first-order chi connectivity index (χ1) is 10.5. The van der Waals surface area contributed by atoms with Crippen LogP contribution >= 0.6 is 24.0 Å². The van der Waals surface area contributed by atoms with Crippen LogP contribution in [0.4, 0.5) is 0 Å². The van der Waals surface area contributed by atoms with Gasteiger partial charge >= 0.3 is 0 Å². The van der Waals surface area contributed by atoms with Gasteiger partial charge in [-0.25, -0.2) is 4.99 Å². The standard InChI is InChI=1S/C17H24N4O.HI/c1-12(2)10-19-17(18)20-11-14-9-15(22)21(3)16(14)13-7-5-4-6-8-13;/h4-8,14,16H,1,9-11H2,2-3H3,(H3,18,19,20);1H/t14-,16-;/m0./s1. The number of aliphatic imine (C=N–C) groups is 1. The highest BCUT2D eigenvalue weighted by Crippen LogP contribution is 2.36. The molecule has 0 aliphatic carbocycles. The fourth-order valence-electron chi connectivity index (χ4n) is 2.79. The van der Waals surface area contributed by atoms with Crippen molar-refractivity contribution >= 4 is 35.8 Å². The molecule has 0 radical (unpaired) electrons. The van der Waals surface area contributed by atoms with Crippen molar-refractivity contribution in [3.8, 4) is 0 Å². The molecule has 1 saturated heterocycles. The van der Waals surface area contributed by atoms with Gasteiger partial charge in [-0.1, -0.05) is 42.5 Å². The van der Waals surface area contributed by atoms with Crippen molar-refractivity contribution < 1.29 is 4.79 Å². The molecule has 0 bridgehead atoms. The number of halogens is 1. The molecule has 1 fully saturated rings. The maximum absolute atomic E-state index is 12.1. The number of rotatable bonds is 5. The van der Waals surface area contributed by atoms with Crippen molar-refractivity contribution in [3.63, 3.8) is 0 Å². The molecule has 1 aliphatic rings. The number of guanidine groups is 1. The second-order valence-electron chi connectivity index (χ2n) is 5.86. The average molecular weight is 428 g/mol. The Balaban J connectivity index is 0.00000264. The molecular weight excluding hydrogens is 403 g/mol. The topological polar surface area (TPSA) is 70.7 Å². The molecule has 1 aromatic rings. The predicted molar refractivity (Wildman–Crippen MR) is 105 cm³/mol. The van der Waals surface area contributed by atoms with Gasteiger partial charge in [0.2, 0.25) is 5.91 Å². The summed E-state index contributed by atoms with van der Waals surface area (Å²) in [5.41, 5.74) is 7.97. The summed E-state index contributed by atoms with van der Waals surface area (Å²) in [5, 5.41) is 3.13. The molecule has 2 atom stereocenters. The van der Waals surface area contributed by atoms with E-state index in [2.05, 4.69) is 29.0 Å². The zero-order valence-electron chi connectivity index (χ0n) is 13.7. The highest BCUT2D eigenvalue weighted by molar-refractivity contribution is 14.0. The number of amides is 1. The normalized spacial score (nSPS) is 21.0. The Hall–Kier alpha value is -1.57. The van der Waals surface area contributed by atoms with Gasteiger partial charge in [0.15, 0.2) is 5.96 Å². The number of hydrogen-bond donors (Lipinski definition) is 2. The van der Waals surface area contributed by atoms with E-state index in [1.165, 1.54) is 0 Å². The molecule has 0 saturated carbocycles. The van der Waals surface area contributed by atoms with Crippen molar-refractivity contribution in [1.29, 1.82) is 0 Å². The fourth-order valence-corrected chi connectivity index (χ4v) is 2.79. The molecule has 6 heteroatoms. The Morgan fingerprint density at radius 2 is 2.09 bits per heavy atom. The van der Waals surface area contributed by atoms with Crippen LogP contribution in [-0.2, 0) is 4.79 Å². The van der Waals surface area contributed by atoms with Gasteiger partial charge in [-0.15, -0.1) is 24.0 Å². The molecule has 2 rings (SSSR count). The highest BCUT2D eigenvalue weighted by atomic mass is 127. The van der Waals surface area contributed by atoms with Crippen molar-refractivity contribution in [2.75, 3.05) is 20.1 Å². The second-order valence-corrected chi connectivity index (χ2v) is 5.86. The summed E-state index contributed by atoms with van der Waals surface area (Å²) < 4.78 is 0. The highest BCUT2D eigenvalue weighted by Gasteiger charge is 2.38. The lowest BCUT2D eigenvalue weighted by Gasteiger charge is -2.25. The first-order valence-corrected chi connectivity index (χ1v) is 7.48. The van der Waals surface area contributed by atoms with Crippen LogP contribution in [0.2, 0.25) is 0 Å². The number of likely N-dealkylation sites (tertiary alicyclic amines) is 1. The number of benzene rings is 1. The Morgan fingerprint density at radius 3 is 2.70 bits per heavy atom. The molecule has 1 aliphatic heterocycles. The van der Waals surface area contributed by atoms with Crippen molar-refractivity contribution in [2.45, 2.75) is 19.4 Å². The molecular formula is C17H25IN4O. The van der Waals surface area contributed by atoms with Gasteiger partial charge in [0.1, 0.15) is 0 Å². The van der Waals surface area contributed by atoms with Crippen LogP contribution in [0.15, 0.2) is 47.5 Å². The van der Waals surface area contributed by atoms with E-state index < -0.39 is 0 Å². The van der Waals surface area contributed by atoms with Gasteiger partial charge in [0, 0.05) is 25.9 Å². The van der Waals surface area contributed by atoms with E-state index in [4.69, 9.17) is 5.73 Å². The van der Waals surface area contributed by atoms with Gasteiger partial charge in [0.25, 0.3) is 0 Å². The number of nitrogens with two attached hydrogens (primary N) is 1. The van der Waals surface area contributed by atoms with Crippen molar-refractivity contribution in [2.24, 2.45) is 16.6 Å². The second kappa shape index (κ2) is 8.90. The molecule has 3 N–H and O–H groups in total. The quantitative estimate of drug-likeness (QED) is 0.327. The molecule has 1 aromatic carbocycles. The van der Waals surface area contributed by atoms with Gasteiger partial charge in [-0.2, -0.15) is 0 Å². The zero-order chi connectivity index (χ0) is 16.1. The first-order valence-electron chi connectivity index (χ1n) is 7.48. The third-order valence-corrected chi connectivity index (χ3v) is 3.90. The smallest absolute Gasteiger partial charge is 0.223 e. The Kier molecular flexibility index (Phi) is 7.54. The van der Waals surface area contributed by atoms with Gasteiger partial charge in [-0.05, 0) is 12.5 Å². The Morgan fingerprint density at radius 1 is 1.43 bits per heavy atom. The number of carbonyl (C=O) groups excluding carboxylic acids is 1. The zero-order valence-corrected chi connectivity index (χ0v) is 16.0. The largest absolute Gasteiger partial charge is 0.370 e. The molecule has 1 heterocycles. The van der Waals surface area contributed by atoms with E-state index in [0.29, 0.717) is 25.5 Å². The van der Waals surface area contributed by atoms with E-state index in [1.807, 2.05) is 37.1 Å². The summed E-state index contributed by atoms with van der Waals surface area (Å²) in [5.74, 6) is 0.744. The Bertz CT molecular complexity index is 573. The van der Waals surface area contributed by atoms with Crippen LogP contribution in [-0.4, -0.2) is 36.9 Å². The van der Waals surface area contributed by atoms with Gasteiger partial charge < -0.3 is 16.0 Å². The lowest BCUT2D eigenvalue weighted by Crippen LogP contribution is -2.37. The van der Waals surface area contributed by atoms with Crippen LogP contribution in [0.5, 0.6) is 0 Å². The molecule has 0 unspecified atom stereocenters. The maximum Gasteiger partial charge on any atom is 0.223 e. The average Bonchev–Trinajstić information content (AvgIpc) is 2.79. The molecule has 1 amide bonds. The lowest BCUT2D eigenvalue weighted by molar-refractivity contribution is -0.127. The van der Waals surface area contributed by atoms with Crippen LogP contribution in [0.25, 0.3) is 0 Å². The van der Waals surface area contributed by atoms with E-state index in [0.717, 1.165) is 11.1 Å². The van der Waals surface area contributed by atoms with E-state index in [1.54, 1.807) is 0 Å². The van der Waals surface area contributed by atoms with E-state index >= 15 is 0 Å². The molecule has 5 nitrogen and oxygen atoms in total. The molecule has 0 spiro atoms. The van der Waals surface area contributed by atoms with Crippen LogP contribution in [0, 0.1) is 5.92 Å². The van der Waals surface area contributed by atoms with Gasteiger partial charge in [0.05, 0.1) is 12.6 Å². The summed E-state index contributed by atoms with van der Waals surface area (Å²) >= 11 is 0. The summed E-state index contributed by atoms with van der Waals surface area (Å²) in [6.45, 7) is 6.85. The molecule has 126 valence electrons. The third kappa shape index (κ3) is 5.23. The summed E-state index contributed by atoms with van der Waals surface area (Å²) in [6.07, 6.45) is 0.525. The number of hydrogen-bond acceptors (Lipinski definition) is 2. The minimum absolute atomic E-state index is 0. The molecule has 0 aromatic heterocycles. The minimum atomic E-state index is 0. The van der Waals surface area contributed by atoms with Crippen LogP contribution in [0.1, 0.15) is 24.9 Å². The lowest BCUT2D eigenvalue weighted by atomic mass is 9.94. The summed E-state index contributed by atoms with van der Waals surface area (Å²) in [6, 6.07) is 10.2. The van der Waals surface area contributed by atoms with Crippen LogP contribution in [0.3, 0.4) is 0 Å². The number of carbonyl (C=O) groups is 1. The fraction of sp³-hybridized carbons (Fsp3) is 0.412. The predicted octanol–water partition coefficient (Wildman–Crippen LogP) is 2.30.